The van der Waals surface area contributed by atoms with Crippen molar-refractivity contribution in [2.45, 2.75) is 26.7 Å². The van der Waals surface area contributed by atoms with Gasteiger partial charge in [0.1, 0.15) is 0 Å². The Labute approximate surface area is 140 Å². The number of nitrogens with zero attached hydrogens (tertiary/aromatic N) is 2. The van der Waals surface area contributed by atoms with Crippen LogP contribution in [-0.2, 0) is 9.59 Å². The molecule has 3 N–H and O–H groups in total. The lowest BCUT2D eigenvalue weighted by atomic mass is 10.1. The predicted molar refractivity (Wildman–Crippen MR) is 90.1 cm³/mol. The first kappa shape index (κ1) is 16.2. The van der Waals surface area contributed by atoms with Gasteiger partial charge in [0.25, 0.3) is 0 Å². The first-order valence-electron chi connectivity index (χ1n) is 8.09. The molecule has 2 aromatic heterocycles. The smallest absolute Gasteiger partial charge is 0.227 e. The van der Waals surface area contributed by atoms with Crippen molar-refractivity contribution in [3.05, 3.63) is 30.1 Å². The average Bonchev–Trinajstić information content (AvgIpc) is 3.21. The van der Waals surface area contributed by atoms with Gasteiger partial charge in [0.05, 0.1) is 5.69 Å². The Kier molecular flexibility index (Phi) is 4.59. The molecule has 1 aliphatic carbocycles. The minimum absolute atomic E-state index is 0.0474. The Hall–Kier alpha value is -2.70. The topological polar surface area (TPSA) is 99.8 Å². The van der Waals surface area contributed by atoms with E-state index >= 15 is 0 Å². The van der Waals surface area contributed by atoms with Gasteiger partial charge >= 0.3 is 0 Å². The van der Waals surface area contributed by atoms with Crippen molar-refractivity contribution in [1.29, 1.82) is 0 Å². The zero-order valence-electron chi connectivity index (χ0n) is 13.8. The minimum atomic E-state index is -0.171. The van der Waals surface area contributed by atoms with Crippen molar-refractivity contribution in [3.8, 4) is 11.3 Å². The van der Waals surface area contributed by atoms with Crippen molar-refractivity contribution in [3.63, 3.8) is 0 Å². The van der Waals surface area contributed by atoms with E-state index in [0.717, 1.165) is 23.2 Å². The van der Waals surface area contributed by atoms with Crippen molar-refractivity contribution in [2.75, 3.05) is 11.9 Å². The summed E-state index contributed by atoms with van der Waals surface area (Å²) in [6, 6.07) is 3.75. The molecule has 7 heteroatoms. The van der Waals surface area contributed by atoms with Crippen LogP contribution < -0.4 is 10.6 Å². The van der Waals surface area contributed by atoms with E-state index in [2.05, 4.69) is 32.7 Å². The number of nitrogens with one attached hydrogen (secondary N) is 3. The van der Waals surface area contributed by atoms with Crippen LogP contribution in [0.25, 0.3) is 11.3 Å². The number of rotatable bonds is 6. The summed E-state index contributed by atoms with van der Waals surface area (Å²) in [5, 5.41) is 12.7. The van der Waals surface area contributed by atoms with E-state index in [0.29, 0.717) is 18.3 Å². The van der Waals surface area contributed by atoms with Gasteiger partial charge in [0.2, 0.25) is 11.8 Å². The zero-order valence-corrected chi connectivity index (χ0v) is 13.8. The molecule has 1 fully saturated rings. The Morgan fingerprint density at radius 2 is 2.04 bits per heavy atom. The van der Waals surface area contributed by atoms with Crippen molar-refractivity contribution < 1.29 is 9.59 Å². The molecule has 1 aliphatic rings. The molecular formula is C17H21N5O2. The molecule has 2 atom stereocenters. The highest BCUT2D eigenvalue weighted by atomic mass is 16.2. The molecule has 0 aliphatic heterocycles. The molecule has 2 heterocycles. The molecule has 2 amide bonds. The number of aromatic nitrogens is 3. The van der Waals surface area contributed by atoms with Crippen LogP contribution in [0.2, 0.25) is 0 Å². The second-order valence-corrected chi connectivity index (χ2v) is 6.22. The van der Waals surface area contributed by atoms with Crippen LogP contribution >= 0.6 is 0 Å². The highest BCUT2D eigenvalue weighted by molar-refractivity contribution is 5.92. The highest BCUT2D eigenvalue weighted by Crippen LogP contribution is 2.37. The summed E-state index contributed by atoms with van der Waals surface area (Å²) in [5.41, 5.74) is 2.68. The van der Waals surface area contributed by atoms with E-state index < -0.39 is 0 Å². The van der Waals surface area contributed by atoms with Crippen LogP contribution in [0.15, 0.2) is 24.5 Å². The maximum absolute atomic E-state index is 12.0. The third-order valence-corrected chi connectivity index (χ3v) is 4.33. The summed E-state index contributed by atoms with van der Waals surface area (Å²) < 4.78 is 0. The molecule has 0 unspecified atom stereocenters. The van der Waals surface area contributed by atoms with E-state index in [1.807, 2.05) is 19.1 Å². The quantitative estimate of drug-likeness (QED) is 0.754. The summed E-state index contributed by atoms with van der Waals surface area (Å²) in [4.78, 5) is 27.7. The maximum Gasteiger partial charge on any atom is 0.227 e. The van der Waals surface area contributed by atoms with Crippen LogP contribution in [-0.4, -0.2) is 33.5 Å². The summed E-state index contributed by atoms with van der Waals surface area (Å²) in [5.74, 6) is 0.983. The standard InChI is InChI=1S/C17H21N5O2/c1-10-9-13(10)17(24)19-8-5-14(23)20-16-11(2)15(21-22-16)12-3-6-18-7-4-12/h3-4,6-7,10,13H,5,8-9H2,1-2H3,(H,19,24)(H2,20,21,22,23)/t10-,13-/m1/s1. The second kappa shape index (κ2) is 6.82. The lowest BCUT2D eigenvalue weighted by molar-refractivity contribution is -0.122. The first-order chi connectivity index (χ1) is 11.6. The van der Waals surface area contributed by atoms with E-state index in [9.17, 15) is 9.59 Å². The molecule has 2 aromatic rings. The lowest BCUT2D eigenvalue weighted by Gasteiger charge is -2.05. The molecule has 0 spiro atoms. The first-order valence-corrected chi connectivity index (χ1v) is 8.09. The van der Waals surface area contributed by atoms with Crippen molar-refractivity contribution >= 4 is 17.6 Å². The number of carbonyl (C=O) groups is 2. The van der Waals surface area contributed by atoms with Crippen LogP contribution in [0, 0.1) is 18.8 Å². The second-order valence-electron chi connectivity index (χ2n) is 6.22. The molecule has 7 nitrogen and oxygen atoms in total. The van der Waals surface area contributed by atoms with Gasteiger partial charge in [-0.3, -0.25) is 19.7 Å². The van der Waals surface area contributed by atoms with E-state index in [4.69, 9.17) is 0 Å². The number of aromatic amines is 1. The fraction of sp³-hybridized carbons (Fsp3) is 0.412. The molecule has 0 radical (unpaired) electrons. The third kappa shape index (κ3) is 3.61. The third-order valence-electron chi connectivity index (χ3n) is 4.33. The number of carbonyl (C=O) groups excluding carboxylic acids is 2. The Balaban J connectivity index is 1.51. The van der Waals surface area contributed by atoms with Crippen molar-refractivity contribution in [2.24, 2.45) is 11.8 Å². The van der Waals surface area contributed by atoms with Crippen LogP contribution in [0.5, 0.6) is 0 Å². The van der Waals surface area contributed by atoms with E-state index in [-0.39, 0.29) is 24.2 Å². The normalized spacial score (nSPS) is 18.9. The van der Waals surface area contributed by atoms with Gasteiger partial charge in [-0.2, -0.15) is 5.10 Å². The molecule has 126 valence electrons. The number of hydrogen-bond acceptors (Lipinski definition) is 4. The fourth-order valence-electron chi connectivity index (χ4n) is 2.63. The molecule has 24 heavy (non-hydrogen) atoms. The van der Waals surface area contributed by atoms with Gasteiger partial charge in [-0.05, 0) is 31.4 Å². The highest BCUT2D eigenvalue weighted by Gasteiger charge is 2.38. The molecule has 3 rings (SSSR count). The Morgan fingerprint density at radius 3 is 2.71 bits per heavy atom. The number of pyridine rings is 1. The zero-order chi connectivity index (χ0) is 17.1. The Morgan fingerprint density at radius 1 is 1.33 bits per heavy atom. The fourth-order valence-corrected chi connectivity index (χ4v) is 2.63. The lowest BCUT2D eigenvalue weighted by Crippen LogP contribution is -2.29. The molecule has 0 aromatic carbocycles. The number of anilines is 1. The van der Waals surface area contributed by atoms with Gasteiger partial charge in [-0.15, -0.1) is 0 Å². The number of amides is 2. The molecule has 0 bridgehead atoms. The minimum Gasteiger partial charge on any atom is -0.355 e. The van der Waals surface area contributed by atoms with Crippen LogP contribution in [0.3, 0.4) is 0 Å². The number of H-pyrrole nitrogens is 1. The van der Waals surface area contributed by atoms with Gasteiger partial charge in [-0.1, -0.05) is 6.92 Å². The van der Waals surface area contributed by atoms with E-state index in [1.165, 1.54) is 0 Å². The maximum atomic E-state index is 12.0. The van der Waals surface area contributed by atoms with Gasteiger partial charge in [0, 0.05) is 42.4 Å². The summed E-state index contributed by atoms with van der Waals surface area (Å²) in [6.45, 7) is 4.29. The SMILES string of the molecule is Cc1c(NC(=O)CCNC(=O)[C@@H]2C[C@H]2C)n[nH]c1-c1ccncc1. The summed E-state index contributed by atoms with van der Waals surface area (Å²) >= 11 is 0. The molecular weight excluding hydrogens is 306 g/mol. The van der Waals surface area contributed by atoms with Gasteiger partial charge in [0.15, 0.2) is 5.82 Å². The van der Waals surface area contributed by atoms with Crippen LogP contribution in [0.4, 0.5) is 5.82 Å². The van der Waals surface area contributed by atoms with Crippen LogP contribution in [0.1, 0.15) is 25.3 Å². The van der Waals surface area contributed by atoms with Gasteiger partial charge in [-0.25, -0.2) is 0 Å². The molecule has 1 saturated carbocycles. The number of hydrogen-bond donors (Lipinski definition) is 3. The largest absolute Gasteiger partial charge is 0.355 e. The van der Waals surface area contributed by atoms with E-state index in [1.54, 1.807) is 12.4 Å². The van der Waals surface area contributed by atoms with Gasteiger partial charge < -0.3 is 10.6 Å². The monoisotopic (exact) mass is 327 g/mol. The summed E-state index contributed by atoms with van der Waals surface area (Å²) in [6.07, 6.45) is 4.58. The molecule has 0 saturated heterocycles. The average molecular weight is 327 g/mol. The van der Waals surface area contributed by atoms with Crippen molar-refractivity contribution in [1.82, 2.24) is 20.5 Å². The predicted octanol–water partition coefficient (Wildman–Crippen LogP) is 1.88. The Bertz CT molecular complexity index is 741. The summed E-state index contributed by atoms with van der Waals surface area (Å²) in [7, 11) is 0.